The van der Waals surface area contributed by atoms with Crippen LogP contribution in [0, 0.1) is 0 Å². The van der Waals surface area contributed by atoms with Crippen molar-refractivity contribution in [2.45, 2.75) is 38.5 Å². The summed E-state index contributed by atoms with van der Waals surface area (Å²) in [6, 6.07) is 24.0. The lowest BCUT2D eigenvalue weighted by atomic mass is 9.73. The number of aromatic nitrogens is 1. The van der Waals surface area contributed by atoms with Crippen LogP contribution in [0.25, 0.3) is 22.4 Å². The number of hydrogen-bond acceptors (Lipinski definition) is 0. The Morgan fingerprint density at radius 1 is 0.840 bits per heavy atom. The summed E-state index contributed by atoms with van der Waals surface area (Å²) in [5.74, 6) is 0. The quantitative estimate of drug-likeness (QED) is 0.550. The van der Waals surface area contributed by atoms with Gasteiger partial charge in [0, 0.05) is 22.6 Å². The number of benzene rings is 2. The van der Waals surface area contributed by atoms with Gasteiger partial charge >= 0.3 is 0 Å². The van der Waals surface area contributed by atoms with Gasteiger partial charge in [-0.1, -0.05) is 48.5 Å². The minimum Gasteiger partial charge on any atom is -0.198 e. The number of fused-ring (bicyclic) bond motifs is 1. The summed E-state index contributed by atoms with van der Waals surface area (Å²) in [5, 5.41) is 0. The molecule has 0 unspecified atom stereocenters. The molecule has 3 aromatic rings. The second-order valence-corrected chi connectivity index (χ2v) is 7.80. The molecule has 0 saturated heterocycles. The summed E-state index contributed by atoms with van der Waals surface area (Å²) in [6.45, 7) is 4.79. The number of pyridine rings is 1. The molecule has 0 N–H and O–H groups in total. The number of hydrogen-bond donors (Lipinski definition) is 0. The first-order chi connectivity index (χ1) is 12.1. The van der Waals surface area contributed by atoms with Gasteiger partial charge in [0.15, 0.2) is 5.69 Å². The van der Waals surface area contributed by atoms with Crippen molar-refractivity contribution in [1.29, 1.82) is 0 Å². The second-order valence-electron chi connectivity index (χ2n) is 7.80. The molecule has 1 heteroatoms. The normalized spacial score (nSPS) is 15.6. The lowest BCUT2D eigenvalue weighted by Gasteiger charge is -2.31. The monoisotopic (exact) mass is 328 g/mol. The predicted octanol–water partition coefficient (Wildman–Crippen LogP) is 5.46. The fourth-order valence-corrected chi connectivity index (χ4v) is 4.47. The average Bonchev–Trinajstić information content (AvgIpc) is 2.63. The highest BCUT2D eigenvalue weighted by molar-refractivity contribution is 5.73. The first-order valence-corrected chi connectivity index (χ1v) is 9.25. The molecule has 0 fully saturated rings. The zero-order valence-electron chi connectivity index (χ0n) is 15.4. The van der Waals surface area contributed by atoms with E-state index < -0.39 is 0 Å². The summed E-state index contributed by atoms with van der Waals surface area (Å²) in [7, 11) is 2.24. The molecule has 1 nitrogen and oxygen atoms in total. The standard InChI is InChI=1S/C24H26N/c1-24(2)16-10-15-20-21(18-11-6-4-7-12-18)17-22(25(3)23(20)24)19-13-8-5-9-14-19/h4-9,11-14,17H,10,15-16H2,1-3H3/q+1. The van der Waals surface area contributed by atoms with Gasteiger partial charge in [-0.25, -0.2) is 0 Å². The van der Waals surface area contributed by atoms with Crippen LogP contribution in [0.3, 0.4) is 0 Å². The minimum atomic E-state index is 0.205. The van der Waals surface area contributed by atoms with E-state index in [9.17, 15) is 0 Å². The summed E-state index contributed by atoms with van der Waals surface area (Å²) >= 11 is 0. The Hall–Kier alpha value is -2.41. The van der Waals surface area contributed by atoms with Crippen molar-refractivity contribution in [1.82, 2.24) is 0 Å². The Morgan fingerprint density at radius 2 is 1.44 bits per heavy atom. The SMILES string of the molecule is C[n+]1c(-c2ccccc2)cc(-c2ccccc2)c2c1C(C)(C)CCC2. The fraction of sp³-hybridized carbons (Fsp3) is 0.292. The van der Waals surface area contributed by atoms with Gasteiger partial charge in [0.2, 0.25) is 5.69 Å². The molecule has 0 spiro atoms. The molecular formula is C24H26N+. The van der Waals surface area contributed by atoms with Gasteiger partial charge in [-0.3, -0.25) is 0 Å². The second kappa shape index (κ2) is 6.15. The third-order valence-electron chi connectivity index (χ3n) is 5.61. The van der Waals surface area contributed by atoms with Crippen molar-refractivity contribution in [3.63, 3.8) is 0 Å². The van der Waals surface area contributed by atoms with Crippen molar-refractivity contribution in [2.75, 3.05) is 0 Å². The lowest BCUT2D eigenvalue weighted by molar-refractivity contribution is -0.672. The van der Waals surface area contributed by atoms with Crippen LogP contribution in [-0.2, 0) is 18.9 Å². The van der Waals surface area contributed by atoms with Crippen LogP contribution in [0.4, 0.5) is 0 Å². The largest absolute Gasteiger partial charge is 0.213 e. The Bertz CT molecular complexity index is 892. The third kappa shape index (κ3) is 2.78. The lowest BCUT2D eigenvalue weighted by Crippen LogP contribution is -2.46. The van der Waals surface area contributed by atoms with E-state index in [0.717, 1.165) is 0 Å². The minimum absolute atomic E-state index is 0.205. The molecule has 25 heavy (non-hydrogen) atoms. The van der Waals surface area contributed by atoms with Crippen LogP contribution in [0.1, 0.15) is 37.9 Å². The van der Waals surface area contributed by atoms with E-state index in [1.54, 1.807) is 0 Å². The van der Waals surface area contributed by atoms with Crippen molar-refractivity contribution < 1.29 is 4.57 Å². The van der Waals surface area contributed by atoms with Gasteiger partial charge in [-0.2, -0.15) is 4.57 Å². The maximum absolute atomic E-state index is 2.44. The van der Waals surface area contributed by atoms with Crippen molar-refractivity contribution in [3.05, 3.63) is 78.0 Å². The molecule has 126 valence electrons. The smallest absolute Gasteiger partial charge is 0.198 e. The molecule has 4 rings (SSSR count). The molecule has 1 aliphatic carbocycles. The third-order valence-corrected chi connectivity index (χ3v) is 5.61. The van der Waals surface area contributed by atoms with Gasteiger partial charge < -0.3 is 0 Å². The highest BCUT2D eigenvalue weighted by Crippen LogP contribution is 2.40. The van der Waals surface area contributed by atoms with E-state index in [1.165, 1.54) is 52.9 Å². The topological polar surface area (TPSA) is 3.88 Å². The molecule has 1 heterocycles. The van der Waals surface area contributed by atoms with Crippen molar-refractivity contribution >= 4 is 0 Å². The molecular weight excluding hydrogens is 302 g/mol. The average molecular weight is 328 g/mol. The Kier molecular flexibility index (Phi) is 3.95. The van der Waals surface area contributed by atoms with Gasteiger partial charge in [0.25, 0.3) is 0 Å². The summed E-state index contributed by atoms with van der Waals surface area (Å²) in [4.78, 5) is 0. The van der Waals surface area contributed by atoms with E-state index in [0.29, 0.717) is 0 Å². The van der Waals surface area contributed by atoms with E-state index in [1.807, 2.05) is 0 Å². The summed E-state index contributed by atoms with van der Waals surface area (Å²) < 4.78 is 2.44. The molecule has 2 aromatic carbocycles. The molecule has 0 atom stereocenters. The highest BCUT2D eigenvalue weighted by Gasteiger charge is 2.38. The molecule has 0 bridgehead atoms. The molecule has 0 aliphatic heterocycles. The molecule has 1 aliphatic rings. The zero-order chi connectivity index (χ0) is 17.4. The van der Waals surface area contributed by atoms with Gasteiger partial charge in [0.05, 0.1) is 0 Å². The summed E-state index contributed by atoms with van der Waals surface area (Å²) in [6.07, 6.45) is 3.69. The van der Waals surface area contributed by atoms with Gasteiger partial charge in [-0.05, 0) is 56.4 Å². The van der Waals surface area contributed by atoms with E-state index in [2.05, 4.69) is 92.2 Å². The predicted molar refractivity (Wildman–Crippen MR) is 104 cm³/mol. The van der Waals surface area contributed by atoms with E-state index in [4.69, 9.17) is 0 Å². The number of nitrogens with zero attached hydrogens (tertiary/aromatic N) is 1. The summed E-state index contributed by atoms with van der Waals surface area (Å²) in [5.41, 5.74) is 8.55. The van der Waals surface area contributed by atoms with Crippen LogP contribution >= 0.6 is 0 Å². The van der Waals surface area contributed by atoms with Crippen LogP contribution in [0.15, 0.2) is 66.7 Å². The first kappa shape index (κ1) is 16.1. The van der Waals surface area contributed by atoms with Crippen LogP contribution < -0.4 is 4.57 Å². The van der Waals surface area contributed by atoms with E-state index in [-0.39, 0.29) is 5.41 Å². The fourth-order valence-electron chi connectivity index (χ4n) is 4.47. The maximum atomic E-state index is 2.44. The Morgan fingerprint density at radius 3 is 2.08 bits per heavy atom. The molecule has 0 amide bonds. The molecule has 1 aromatic heterocycles. The van der Waals surface area contributed by atoms with Crippen LogP contribution in [-0.4, -0.2) is 0 Å². The maximum Gasteiger partial charge on any atom is 0.213 e. The Labute approximate surface area is 151 Å². The van der Waals surface area contributed by atoms with Gasteiger partial charge in [0.1, 0.15) is 7.05 Å². The number of rotatable bonds is 2. The van der Waals surface area contributed by atoms with Crippen molar-refractivity contribution in [2.24, 2.45) is 7.05 Å². The van der Waals surface area contributed by atoms with Crippen LogP contribution in [0.2, 0.25) is 0 Å². The molecule has 0 radical (unpaired) electrons. The highest BCUT2D eigenvalue weighted by atomic mass is 15.0. The first-order valence-electron chi connectivity index (χ1n) is 9.25. The Balaban J connectivity index is 2.05. The van der Waals surface area contributed by atoms with Gasteiger partial charge in [-0.15, -0.1) is 0 Å². The van der Waals surface area contributed by atoms with Crippen molar-refractivity contribution in [3.8, 4) is 22.4 Å². The zero-order valence-corrected chi connectivity index (χ0v) is 15.4. The van der Waals surface area contributed by atoms with Crippen LogP contribution in [0.5, 0.6) is 0 Å². The van der Waals surface area contributed by atoms with E-state index >= 15 is 0 Å². The molecule has 0 saturated carbocycles.